The van der Waals surface area contributed by atoms with Gasteiger partial charge in [0.1, 0.15) is 0 Å². The number of carbonyl (C=O) groups excluding carboxylic acids is 1. The lowest BCUT2D eigenvalue weighted by atomic mass is 10.0. The molecule has 0 radical (unpaired) electrons. The fraction of sp³-hybridized carbons (Fsp3) is 0.923. The molecule has 1 amide bonds. The monoisotopic (exact) mass is 262 g/mol. The molecule has 17 heavy (non-hydrogen) atoms. The van der Waals surface area contributed by atoms with Crippen LogP contribution < -0.4 is 5.32 Å². The Morgan fingerprint density at radius 1 is 1.41 bits per heavy atom. The lowest BCUT2D eigenvalue weighted by molar-refractivity contribution is -0.137. The molecule has 4 heteroatoms. The smallest absolute Gasteiger partial charge is 0.225 e. The number of carbonyl (C=O) groups is 1. The van der Waals surface area contributed by atoms with Gasteiger partial charge in [-0.2, -0.15) is 0 Å². The molecule has 0 aliphatic carbocycles. The number of amides is 1. The average Bonchev–Trinajstić information content (AvgIpc) is 2.78. The zero-order valence-electron chi connectivity index (χ0n) is 11.4. The molecule has 2 atom stereocenters. The predicted molar refractivity (Wildman–Crippen MR) is 74.6 cm³/mol. The van der Waals surface area contributed by atoms with Crippen LogP contribution in [0.2, 0.25) is 0 Å². The summed E-state index contributed by atoms with van der Waals surface area (Å²) in [6.07, 6.45) is 4.28. The van der Waals surface area contributed by atoms with Crippen LogP contribution in [0.5, 0.6) is 0 Å². The molecule has 0 aromatic rings. The van der Waals surface area contributed by atoms with Crippen LogP contribution in [0.15, 0.2) is 0 Å². The Morgan fingerprint density at radius 2 is 2.12 bits per heavy atom. The van der Waals surface area contributed by atoms with Gasteiger partial charge in [0.25, 0.3) is 0 Å². The van der Waals surface area contributed by atoms with E-state index in [1.807, 2.05) is 0 Å². The molecule has 1 saturated heterocycles. The highest BCUT2D eigenvalue weighted by Crippen LogP contribution is 2.16. The van der Waals surface area contributed by atoms with Gasteiger partial charge in [-0.15, -0.1) is 12.4 Å². The number of halogens is 1. The number of nitrogens with one attached hydrogen (secondary N) is 1. The molecular weight excluding hydrogens is 236 g/mol. The molecule has 0 spiro atoms. The zero-order valence-corrected chi connectivity index (χ0v) is 12.2. The topological polar surface area (TPSA) is 32.3 Å². The Bertz CT molecular complexity index is 217. The summed E-state index contributed by atoms with van der Waals surface area (Å²) >= 11 is 0. The fourth-order valence-corrected chi connectivity index (χ4v) is 2.46. The lowest BCUT2D eigenvalue weighted by Gasteiger charge is -2.30. The minimum Gasteiger partial charge on any atom is -0.338 e. The Hall–Kier alpha value is -0.280. The van der Waals surface area contributed by atoms with Crippen LogP contribution in [-0.2, 0) is 4.79 Å². The van der Waals surface area contributed by atoms with Gasteiger partial charge in [-0.3, -0.25) is 4.79 Å². The summed E-state index contributed by atoms with van der Waals surface area (Å²) in [4.78, 5) is 14.4. The van der Waals surface area contributed by atoms with Gasteiger partial charge in [-0.25, -0.2) is 0 Å². The summed E-state index contributed by atoms with van der Waals surface area (Å²) in [5, 5.41) is 3.34. The van der Waals surface area contributed by atoms with Gasteiger partial charge in [-0.05, 0) is 25.8 Å². The van der Waals surface area contributed by atoms with E-state index < -0.39 is 0 Å². The average molecular weight is 263 g/mol. The fourth-order valence-electron chi connectivity index (χ4n) is 2.46. The van der Waals surface area contributed by atoms with Crippen molar-refractivity contribution in [3.05, 3.63) is 0 Å². The Morgan fingerprint density at radius 3 is 2.59 bits per heavy atom. The van der Waals surface area contributed by atoms with Gasteiger partial charge in [0.15, 0.2) is 0 Å². The SMILES string of the molecule is CCCC(C)C(=O)N(CCC)C1CCNC1.Cl. The van der Waals surface area contributed by atoms with E-state index >= 15 is 0 Å². The molecule has 0 saturated carbocycles. The van der Waals surface area contributed by atoms with Crippen molar-refractivity contribution >= 4 is 18.3 Å². The van der Waals surface area contributed by atoms with Crippen LogP contribution in [0.1, 0.15) is 46.5 Å². The molecule has 1 aliphatic rings. The van der Waals surface area contributed by atoms with E-state index in [0.29, 0.717) is 11.9 Å². The van der Waals surface area contributed by atoms with Gasteiger partial charge in [0.2, 0.25) is 5.91 Å². The molecule has 1 heterocycles. The first-order valence-corrected chi connectivity index (χ1v) is 6.71. The quantitative estimate of drug-likeness (QED) is 0.798. The van der Waals surface area contributed by atoms with E-state index in [-0.39, 0.29) is 18.3 Å². The molecule has 1 rings (SSSR count). The third kappa shape index (κ3) is 4.84. The molecule has 0 aromatic carbocycles. The van der Waals surface area contributed by atoms with Crippen LogP contribution in [0.4, 0.5) is 0 Å². The second-order valence-corrected chi connectivity index (χ2v) is 4.87. The van der Waals surface area contributed by atoms with Crippen LogP contribution in [-0.4, -0.2) is 36.5 Å². The van der Waals surface area contributed by atoms with E-state index in [4.69, 9.17) is 0 Å². The molecule has 0 bridgehead atoms. The van der Waals surface area contributed by atoms with Crippen LogP contribution in [0, 0.1) is 5.92 Å². The van der Waals surface area contributed by atoms with E-state index in [2.05, 4.69) is 31.0 Å². The minimum absolute atomic E-state index is 0. The van der Waals surface area contributed by atoms with Crippen LogP contribution in [0.3, 0.4) is 0 Å². The van der Waals surface area contributed by atoms with E-state index in [1.54, 1.807) is 0 Å². The number of hydrogen-bond acceptors (Lipinski definition) is 2. The summed E-state index contributed by atoms with van der Waals surface area (Å²) in [7, 11) is 0. The van der Waals surface area contributed by atoms with Crippen molar-refractivity contribution in [1.82, 2.24) is 10.2 Å². The van der Waals surface area contributed by atoms with Gasteiger partial charge in [-0.1, -0.05) is 27.2 Å². The summed E-state index contributed by atoms with van der Waals surface area (Å²) in [5.41, 5.74) is 0. The van der Waals surface area contributed by atoms with E-state index in [1.165, 1.54) is 0 Å². The lowest BCUT2D eigenvalue weighted by Crippen LogP contribution is -2.44. The highest BCUT2D eigenvalue weighted by atomic mass is 35.5. The number of hydrogen-bond donors (Lipinski definition) is 1. The molecule has 1 aliphatic heterocycles. The van der Waals surface area contributed by atoms with Gasteiger partial charge in [0.05, 0.1) is 0 Å². The third-order valence-electron chi connectivity index (χ3n) is 3.37. The first-order valence-electron chi connectivity index (χ1n) is 6.71. The van der Waals surface area contributed by atoms with Crippen molar-refractivity contribution in [3.63, 3.8) is 0 Å². The van der Waals surface area contributed by atoms with Crippen LogP contribution >= 0.6 is 12.4 Å². The van der Waals surface area contributed by atoms with Crippen molar-refractivity contribution in [2.75, 3.05) is 19.6 Å². The number of rotatable bonds is 6. The predicted octanol–water partition coefficient (Wildman–Crippen LogP) is 2.44. The number of nitrogens with zero attached hydrogens (tertiary/aromatic N) is 1. The van der Waals surface area contributed by atoms with Crippen molar-refractivity contribution in [2.24, 2.45) is 5.92 Å². The van der Waals surface area contributed by atoms with Gasteiger partial charge < -0.3 is 10.2 Å². The molecule has 1 fully saturated rings. The third-order valence-corrected chi connectivity index (χ3v) is 3.37. The molecule has 2 unspecified atom stereocenters. The molecule has 0 aromatic heterocycles. The molecule has 102 valence electrons. The van der Waals surface area contributed by atoms with Gasteiger partial charge >= 0.3 is 0 Å². The minimum atomic E-state index is 0. The van der Waals surface area contributed by atoms with E-state index in [9.17, 15) is 4.79 Å². The van der Waals surface area contributed by atoms with Crippen LogP contribution in [0.25, 0.3) is 0 Å². The maximum Gasteiger partial charge on any atom is 0.225 e. The highest BCUT2D eigenvalue weighted by molar-refractivity contribution is 5.85. The first kappa shape index (κ1) is 16.7. The second kappa shape index (κ2) is 8.76. The van der Waals surface area contributed by atoms with E-state index in [0.717, 1.165) is 45.3 Å². The summed E-state index contributed by atoms with van der Waals surface area (Å²) in [6.45, 7) is 9.30. The van der Waals surface area contributed by atoms with Crippen molar-refractivity contribution in [2.45, 2.75) is 52.5 Å². The maximum atomic E-state index is 12.3. The standard InChI is InChI=1S/C13H26N2O.ClH/c1-4-6-11(3)13(16)15(9-5-2)12-7-8-14-10-12;/h11-12,14H,4-10H2,1-3H3;1H. The van der Waals surface area contributed by atoms with Gasteiger partial charge in [0, 0.05) is 25.0 Å². The largest absolute Gasteiger partial charge is 0.338 e. The molecule has 1 N–H and O–H groups in total. The Labute approximate surface area is 112 Å². The Balaban J connectivity index is 0.00000256. The summed E-state index contributed by atoms with van der Waals surface area (Å²) in [5.74, 6) is 0.551. The maximum absolute atomic E-state index is 12.3. The van der Waals surface area contributed by atoms with Crippen molar-refractivity contribution in [1.29, 1.82) is 0 Å². The first-order chi connectivity index (χ1) is 7.70. The van der Waals surface area contributed by atoms with Crippen molar-refractivity contribution in [3.8, 4) is 0 Å². The summed E-state index contributed by atoms with van der Waals surface area (Å²) < 4.78 is 0. The molecule has 3 nitrogen and oxygen atoms in total. The Kier molecular flexibility index (Phi) is 8.61. The van der Waals surface area contributed by atoms with Crippen molar-refractivity contribution < 1.29 is 4.79 Å². The molecular formula is C13H27ClN2O. The highest BCUT2D eigenvalue weighted by Gasteiger charge is 2.28. The second-order valence-electron chi connectivity index (χ2n) is 4.87. The normalized spacial score (nSPS) is 20.8. The summed E-state index contributed by atoms with van der Waals surface area (Å²) in [6, 6.07) is 0.437. The zero-order chi connectivity index (χ0) is 12.0.